The molecule has 3 aromatic carbocycles. The van der Waals surface area contributed by atoms with Crippen molar-refractivity contribution in [2.24, 2.45) is 0 Å². The van der Waals surface area contributed by atoms with E-state index in [1.165, 1.54) is 0 Å². The van der Waals surface area contributed by atoms with E-state index >= 15 is 0 Å². The molecule has 2 radical (unpaired) electrons. The maximum Gasteiger partial charge on any atom is 0.195 e. The summed E-state index contributed by atoms with van der Waals surface area (Å²) >= 11 is 0. The van der Waals surface area contributed by atoms with Crippen LogP contribution in [0.25, 0.3) is 28.0 Å². The lowest BCUT2D eigenvalue weighted by molar-refractivity contribution is 0.104. The Bertz CT molecular complexity index is 1080. The average Bonchev–Trinajstić information content (AvgIpc) is 2.88. The van der Waals surface area contributed by atoms with Crippen molar-refractivity contribution in [3.8, 4) is 16.9 Å². The van der Waals surface area contributed by atoms with Gasteiger partial charge >= 0.3 is 0 Å². The van der Waals surface area contributed by atoms with Gasteiger partial charge in [-0.2, -0.15) is 0 Å². The zero-order valence-electron chi connectivity index (χ0n) is 13.2. The molecule has 1 unspecified atom stereocenters. The minimum atomic E-state index is -0.876. The molecule has 0 saturated carbocycles. The van der Waals surface area contributed by atoms with Gasteiger partial charge in [-0.3, -0.25) is 4.79 Å². The number of rotatable bonds is 0. The van der Waals surface area contributed by atoms with E-state index in [2.05, 4.69) is 0 Å². The Kier molecular flexibility index (Phi) is 2.49. The molecular formula is C21H13BO2. The Morgan fingerprint density at radius 3 is 2.38 bits per heavy atom. The van der Waals surface area contributed by atoms with E-state index in [-0.39, 0.29) is 5.78 Å². The normalized spacial score (nSPS) is 20.5. The summed E-state index contributed by atoms with van der Waals surface area (Å²) in [7, 11) is 6.15. The fourth-order valence-electron chi connectivity index (χ4n) is 3.75. The van der Waals surface area contributed by atoms with E-state index in [1.54, 1.807) is 6.08 Å². The Morgan fingerprint density at radius 1 is 0.917 bits per heavy atom. The zero-order chi connectivity index (χ0) is 16.5. The Labute approximate surface area is 141 Å². The van der Waals surface area contributed by atoms with E-state index in [0.717, 1.165) is 38.6 Å². The maximum atomic E-state index is 13.0. The van der Waals surface area contributed by atoms with E-state index in [4.69, 9.17) is 12.6 Å². The van der Waals surface area contributed by atoms with Crippen molar-refractivity contribution in [3.63, 3.8) is 0 Å². The highest BCUT2D eigenvalue weighted by Gasteiger charge is 2.35. The van der Waals surface area contributed by atoms with Gasteiger partial charge in [-0.1, -0.05) is 60.7 Å². The molecule has 112 valence electrons. The molecule has 0 bridgehead atoms. The van der Waals surface area contributed by atoms with Crippen molar-refractivity contribution < 1.29 is 9.53 Å². The molecule has 24 heavy (non-hydrogen) atoms. The van der Waals surface area contributed by atoms with Gasteiger partial charge in [-0.25, -0.2) is 0 Å². The van der Waals surface area contributed by atoms with Crippen LogP contribution in [0, 0.1) is 0 Å². The largest absolute Gasteiger partial charge is 0.492 e. The number of fused-ring (bicyclic) bond motifs is 8. The van der Waals surface area contributed by atoms with Gasteiger partial charge in [-0.15, -0.1) is 0 Å². The lowest BCUT2D eigenvalue weighted by Gasteiger charge is -2.30. The number of carbonyl (C=O) groups excluding carboxylic acids is 1. The second-order valence-electron chi connectivity index (χ2n) is 6.53. The summed E-state index contributed by atoms with van der Waals surface area (Å²) in [6, 6.07) is 15.8. The van der Waals surface area contributed by atoms with Crippen LogP contribution in [0.3, 0.4) is 0 Å². The number of carbonyl (C=O) groups is 1. The third-order valence-electron chi connectivity index (χ3n) is 4.78. The van der Waals surface area contributed by atoms with Gasteiger partial charge < -0.3 is 4.74 Å². The molecule has 0 amide bonds. The van der Waals surface area contributed by atoms with Gasteiger partial charge in [0.05, 0.1) is 5.50 Å². The molecule has 0 saturated heterocycles. The third kappa shape index (κ3) is 1.64. The molecule has 3 heteroatoms. The molecule has 0 N–H and O–H groups in total. The Balaban J connectivity index is 1.99. The molecule has 0 spiro atoms. The summed E-state index contributed by atoms with van der Waals surface area (Å²) in [5, 5.41) is 2.01. The highest BCUT2D eigenvalue weighted by Crippen LogP contribution is 2.49. The molecule has 2 aliphatic rings. The second-order valence-corrected chi connectivity index (χ2v) is 6.53. The van der Waals surface area contributed by atoms with Crippen molar-refractivity contribution >= 4 is 30.5 Å². The summed E-state index contributed by atoms with van der Waals surface area (Å²) < 4.78 is 6.04. The first-order chi connectivity index (χ1) is 11.6. The smallest absolute Gasteiger partial charge is 0.195 e. The highest BCUT2D eigenvalue weighted by atomic mass is 16.5. The van der Waals surface area contributed by atoms with Crippen molar-refractivity contribution in [2.45, 2.75) is 12.4 Å². The van der Waals surface area contributed by atoms with Crippen LogP contribution >= 0.6 is 0 Å². The monoisotopic (exact) mass is 308 g/mol. The van der Waals surface area contributed by atoms with Gasteiger partial charge in [0.15, 0.2) is 5.78 Å². The van der Waals surface area contributed by atoms with Crippen LogP contribution in [0.4, 0.5) is 0 Å². The Hall–Kier alpha value is -2.81. The maximum absolute atomic E-state index is 13.0. The van der Waals surface area contributed by atoms with Crippen molar-refractivity contribution in [3.05, 3.63) is 71.3 Å². The van der Waals surface area contributed by atoms with E-state index in [0.29, 0.717) is 5.75 Å². The average molecular weight is 308 g/mol. The molecule has 1 atom stereocenters. The van der Waals surface area contributed by atoms with Crippen LogP contribution in [-0.4, -0.2) is 19.1 Å². The summed E-state index contributed by atoms with van der Waals surface area (Å²) in [5.41, 5.74) is 3.41. The standard InChI is InChI=1S/C21H13BO2/c1-21(22)11-10-16-18-17(12-6-2-4-8-14(12)19(18)23)13-7-3-5-9-15(13)20(16)24-21/h2-11H,1H3. The number of ether oxygens (including phenoxy) is 1. The molecule has 3 aromatic rings. The summed E-state index contributed by atoms with van der Waals surface area (Å²) in [4.78, 5) is 13.0. The first-order valence-electron chi connectivity index (χ1n) is 7.97. The summed E-state index contributed by atoms with van der Waals surface area (Å²) in [5.74, 6) is 0.745. The lowest BCUT2D eigenvalue weighted by Crippen LogP contribution is -2.32. The summed E-state index contributed by atoms with van der Waals surface area (Å²) in [6.07, 6.45) is 3.73. The minimum Gasteiger partial charge on any atom is -0.492 e. The second kappa shape index (κ2) is 4.38. The molecule has 0 aromatic heterocycles. The van der Waals surface area contributed by atoms with Crippen molar-refractivity contribution in [1.82, 2.24) is 0 Å². The lowest BCUT2D eigenvalue weighted by atomic mass is 9.80. The number of ketones is 1. The van der Waals surface area contributed by atoms with Gasteiger partial charge in [0.2, 0.25) is 0 Å². The van der Waals surface area contributed by atoms with Crippen LogP contribution in [-0.2, 0) is 0 Å². The fraction of sp³-hybridized carbons (Fsp3) is 0.0952. The predicted molar refractivity (Wildman–Crippen MR) is 96.6 cm³/mol. The highest BCUT2D eigenvalue weighted by molar-refractivity contribution is 6.29. The minimum absolute atomic E-state index is 0.0523. The number of hydrogen-bond acceptors (Lipinski definition) is 2. The summed E-state index contributed by atoms with van der Waals surface area (Å²) in [6.45, 7) is 1.81. The molecule has 1 aliphatic carbocycles. The molecule has 5 rings (SSSR count). The number of hydrogen-bond donors (Lipinski definition) is 0. The SMILES string of the molecule is [B]C1(C)C=Cc2c3c(c4ccccc4c2O1)-c1ccccc1C3=O. The first kappa shape index (κ1) is 13.6. The zero-order valence-corrected chi connectivity index (χ0v) is 13.2. The van der Waals surface area contributed by atoms with Gasteiger partial charge in [0.25, 0.3) is 0 Å². The van der Waals surface area contributed by atoms with Crippen molar-refractivity contribution in [2.75, 3.05) is 0 Å². The van der Waals surface area contributed by atoms with Gasteiger partial charge in [-0.05, 0) is 17.9 Å². The fourth-order valence-corrected chi connectivity index (χ4v) is 3.75. The first-order valence-corrected chi connectivity index (χ1v) is 7.97. The van der Waals surface area contributed by atoms with Crippen LogP contribution in [0.1, 0.15) is 28.4 Å². The predicted octanol–water partition coefficient (Wildman–Crippen LogP) is 4.34. The molecule has 1 heterocycles. The van der Waals surface area contributed by atoms with E-state index in [9.17, 15) is 4.79 Å². The Morgan fingerprint density at radius 2 is 1.58 bits per heavy atom. The molecular weight excluding hydrogens is 295 g/mol. The molecule has 1 aliphatic heterocycles. The van der Waals surface area contributed by atoms with Gasteiger partial charge in [0.1, 0.15) is 13.6 Å². The number of benzene rings is 3. The van der Waals surface area contributed by atoms with Crippen molar-refractivity contribution in [1.29, 1.82) is 0 Å². The topological polar surface area (TPSA) is 26.3 Å². The van der Waals surface area contributed by atoms with Gasteiger partial charge in [0, 0.05) is 27.6 Å². The van der Waals surface area contributed by atoms with Crippen LogP contribution < -0.4 is 4.74 Å². The molecule has 2 nitrogen and oxygen atoms in total. The van der Waals surface area contributed by atoms with E-state index in [1.807, 2.05) is 61.5 Å². The van der Waals surface area contributed by atoms with Crippen LogP contribution in [0.5, 0.6) is 5.75 Å². The van der Waals surface area contributed by atoms with E-state index < -0.39 is 5.50 Å². The quantitative estimate of drug-likeness (QED) is 0.452. The molecule has 0 fully saturated rings. The van der Waals surface area contributed by atoms with Crippen LogP contribution in [0.15, 0.2) is 54.6 Å². The third-order valence-corrected chi connectivity index (χ3v) is 4.78. The van der Waals surface area contributed by atoms with Crippen LogP contribution in [0.2, 0.25) is 0 Å².